The van der Waals surface area contributed by atoms with Crippen molar-refractivity contribution in [2.45, 2.75) is 31.9 Å². The maximum absolute atomic E-state index is 12.2. The number of carbonyl (C=O) groups is 1. The summed E-state index contributed by atoms with van der Waals surface area (Å²) in [7, 11) is 0. The molecule has 1 heterocycles. The van der Waals surface area contributed by atoms with Crippen molar-refractivity contribution in [3.63, 3.8) is 0 Å². The molecule has 1 aliphatic heterocycles. The minimum absolute atomic E-state index is 0.0240. The minimum Gasteiger partial charge on any atom is -0.394 e. The average molecular weight is 292 g/mol. The molecule has 0 bridgehead atoms. The van der Waals surface area contributed by atoms with Crippen LogP contribution in [0.4, 0.5) is 5.69 Å². The fraction of sp³-hybridized carbons (Fsp3) is 0.562. The smallest absolute Gasteiger partial charge is 0.241 e. The van der Waals surface area contributed by atoms with Crippen LogP contribution in [-0.4, -0.2) is 54.4 Å². The number of nitrogens with one attached hydrogen (secondary N) is 1. The van der Waals surface area contributed by atoms with E-state index >= 15 is 0 Å². The van der Waals surface area contributed by atoms with Gasteiger partial charge in [-0.05, 0) is 31.9 Å². The van der Waals surface area contributed by atoms with Gasteiger partial charge in [0.05, 0.1) is 25.4 Å². The standard InChI is InChI=1S/C16H24N2O3/c1-13(16(20)17-14-5-3-2-4-6-14)18-9-7-15(8-10-18)21-12-11-19/h2-6,13,15,19H,7-12H2,1H3,(H,17,20). The highest BCUT2D eigenvalue weighted by atomic mass is 16.5. The molecule has 1 atom stereocenters. The topological polar surface area (TPSA) is 61.8 Å². The van der Waals surface area contributed by atoms with Crippen molar-refractivity contribution >= 4 is 11.6 Å². The third-order valence-electron chi connectivity index (χ3n) is 3.89. The third kappa shape index (κ3) is 4.81. The van der Waals surface area contributed by atoms with Crippen LogP contribution in [0.1, 0.15) is 19.8 Å². The summed E-state index contributed by atoms with van der Waals surface area (Å²) >= 11 is 0. The van der Waals surface area contributed by atoms with Crippen molar-refractivity contribution in [2.75, 3.05) is 31.6 Å². The normalized spacial score (nSPS) is 18.4. The van der Waals surface area contributed by atoms with Crippen molar-refractivity contribution in [3.05, 3.63) is 30.3 Å². The lowest BCUT2D eigenvalue weighted by Crippen LogP contribution is -2.47. The molecule has 1 aromatic rings. The number of likely N-dealkylation sites (tertiary alicyclic amines) is 1. The van der Waals surface area contributed by atoms with Crippen LogP contribution in [0.25, 0.3) is 0 Å². The van der Waals surface area contributed by atoms with Gasteiger partial charge >= 0.3 is 0 Å². The SMILES string of the molecule is CC(C(=O)Nc1ccccc1)N1CCC(OCCO)CC1. The Morgan fingerprint density at radius 2 is 2.05 bits per heavy atom. The molecule has 2 rings (SSSR count). The van der Waals surface area contributed by atoms with Crippen molar-refractivity contribution in [2.24, 2.45) is 0 Å². The Morgan fingerprint density at radius 3 is 2.67 bits per heavy atom. The zero-order chi connectivity index (χ0) is 15.1. The predicted molar refractivity (Wildman–Crippen MR) is 82.2 cm³/mol. The molecule has 0 aliphatic carbocycles. The number of carbonyl (C=O) groups excluding carboxylic acids is 1. The van der Waals surface area contributed by atoms with Gasteiger partial charge in [0.15, 0.2) is 0 Å². The maximum Gasteiger partial charge on any atom is 0.241 e. The van der Waals surface area contributed by atoms with E-state index in [1.54, 1.807) is 0 Å². The first kappa shape index (κ1) is 15.9. The first-order valence-electron chi connectivity index (χ1n) is 7.53. The van der Waals surface area contributed by atoms with Crippen LogP contribution >= 0.6 is 0 Å². The van der Waals surface area contributed by atoms with E-state index in [9.17, 15) is 4.79 Å². The fourth-order valence-corrected chi connectivity index (χ4v) is 2.58. The zero-order valence-electron chi connectivity index (χ0n) is 12.5. The number of nitrogens with zero attached hydrogens (tertiary/aromatic N) is 1. The number of aliphatic hydroxyl groups excluding tert-OH is 1. The average Bonchev–Trinajstić information content (AvgIpc) is 2.53. The van der Waals surface area contributed by atoms with Crippen LogP contribution < -0.4 is 5.32 Å². The van der Waals surface area contributed by atoms with Crippen molar-refractivity contribution in [1.29, 1.82) is 0 Å². The van der Waals surface area contributed by atoms with Crippen LogP contribution in [0.15, 0.2) is 30.3 Å². The van der Waals surface area contributed by atoms with Gasteiger partial charge in [0, 0.05) is 18.8 Å². The Bertz CT molecular complexity index is 430. The Hall–Kier alpha value is -1.43. The lowest BCUT2D eigenvalue weighted by Gasteiger charge is -2.35. The zero-order valence-corrected chi connectivity index (χ0v) is 12.5. The third-order valence-corrected chi connectivity index (χ3v) is 3.89. The number of ether oxygens (including phenoxy) is 1. The second-order valence-electron chi connectivity index (χ2n) is 5.36. The highest BCUT2D eigenvalue weighted by Gasteiger charge is 2.26. The molecule has 5 nitrogen and oxygen atoms in total. The first-order chi connectivity index (χ1) is 10.2. The van der Waals surface area contributed by atoms with E-state index < -0.39 is 0 Å². The van der Waals surface area contributed by atoms with Gasteiger partial charge in [-0.3, -0.25) is 9.69 Å². The van der Waals surface area contributed by atoms with Crippen LogP contribution in [0, 0.1) is 0 Å². The van der Waals surface area contributed by atoms with Gasteiger partial charge in [-0.15, -0.1) is 0 Å². The van der Waals surface area contributed by atoms with Crippen molar-refractivity contribution in [1.82, 2.24) is 4.90 Å². The number of hydrogen-bond donors (Lipinski definition) is 2. The second-order valence-corrected chi connectivity index (χ2v) is 5.36. The number of aliphatic hydroxyl groups is 1. The van der Waals surface area contributed by atoms with Gasteiger partial charge in [0.1, 0.15) is 0 Å². The quantitative estimate of drug-likeness (QED) is 0.834. The molecular formula is C16H24N2O3. The van der Waals surface area contributed by atoms with E-state index in [1.165, 1.54) is 0 Å². The lowest BCUT2D eigenvalue weighted by molar-refractivity contribution is -0.122. The molecule has 1 fully saturated rings. The number of rotatable bonds is 6. The van der Waals surface area contributed by atoms with Gasteiger partial charge in [0.25, 0.3) is 0 Å². The van der Waals surface area contributed by atoms with Crippen molar-refractivity contribution < 1.29 is 14.6 Å². The molecule has 1 aromatic carbocycles. The van der Waals surface area contributed by atoms with E-state index in [1.807, 2.05) is 37.3 Å². The number of amides is 1. The van der Waals surface area contributed by atoms with Crippen LogP contribution in [-0.2, 0) is 9.53 Å². The molecule has 0 radical (unpaired) electrons. The Balaban J connectivity index is 1.78. The second kappa shape index (κ2) is 8.12. The number of benzene rings is 1. The summed E-state index contributed by atoms with van der Waals surface area (Å²) in [4.78, 5) is 14.4. The maximum atomic E-state index is 12.2. The molecule has 0 saturated carbocycles. The highest BCUT2D eigenvalue weighted by Crippen LogP contribution is 2.17. The van der Waals surface area contributed by atoms with Gasteiger partial charge in [0.2, 0.25) is 5.91 Å². The minimum atomic E-state index is -0.149. The summed E-state index contributed by atoms with van der Waals surface area (Å²) in [5.41, 5.74) is 0.829. The van der Waals surface area contributed by atoms with Gasteiger partial charge in [-0.1, -0.05) is 18.2 Å². The highest BCUT2D eigenvalue weighted by molar-refractivity contribution is 5.94. The largest absolute Gasteiger partial charge is 0.394 e. The van der Waals surface area contributed by atoms with Crippen LogP contribution in [0.2, 0.25) is 0 Å². The Labute approximate surface area is 125 Å². The molecule has 116 valence electrons. The summed E-state index contributed by atoms with van der Waals surface area (Å²) in [6, 6.07) is 9.37. The van der Waals surface area contributed by atoms with E-state index in [-0.39, 0.29) is 24.7 Å². The van der Waals surface area contributed by atoms with Gasteiger partial charge in [-0.25, -0.2) is 0 Å². The molecule has 0 spiro atoms. The van der Waals surface area contributed by atoms with Gasteiger partial charge in [-0.2, -0.15) is 0 Å². The molecule has 1 saturated heterocycles. The lowest BCUT2D eigenvalue weighted by atomic mass is 10.1. The number of piperidine rings is 1. The molecule has 2 N–H and O–H groups in total. The summed E-state index contributed by atoms with van der Waals surface area (Å²) in [6.07, 6.45) is 2.02. The fourth-order valence-electron chi connectivity index (χ4n) is 2.58. The number of hydrogen-bond acceptors (Lipinski definition) is 4. The molecule has 1 amide bonds. The van der Waals surface area contributed by atoms with E-state index in [0.717, 1.165) is 31.6 Å². The molecule has 0 aromatic heterocycles. The molecule has 21 heavy (non-hydrogen) atoms. The van der Waals surface area contributed by atoms with Crippen LogP contribution in [0.3, 0.4) is 0 Å². The molecular weight excluding hydrogens is 268 g/mol. The Morgan fingerprint density at radius 1 is 1.38 bits per heavy atom. The molecule has 1 unspecified atom stereocenters. The Kier molecular flexibility index (Phi) is 6.17. The van der Waals surface area contributed by atoms with Crippen molar-refractivity contribution in [3.8, 4) is 0 Å². The predicted octanol–water partition coefficient (Wildman–Crippen LogP) is 1.49. The summed E-state index contributed by atoms with van der Waals surface area (Å²) in [5, 5.41) is 11.7. The summed E-state index contributed by atoms with van der Waals surface area (Å²) in [5.74, 6) is 0.0240. The van der Waals surface area contributed by atoms with E-state index in [4.69, 9.17) is 9.84 Å². The number of para-hydroxylation sites is 1. The summed E-state index contributed by atoms with van der Waals surface area (Å²) in [6.45, 7) is 4.09. The van der Waals surface area contributed by atoms with Gasteiger partial charge < -0.3 is 15.2 Å². The monoisotopic (exact) mass is 292 g/mol. The van der Waals surface area contributed by atoms with Crippen LogP contribution in [0.5, 0.6) is 0 Å². The molecule has 5 heteroatoms. The van der Waals surface area contributed by atoms with E-state index in [2.05, 4.69) is 10.2 Å². The van der Waals surface area contributed by atoms with E-state index in [0.29, 0.717) is 6.61 Å². The molecule has 1 aliphatic rings. The summed E-state index contributed by atoms with van der Waals surface area (Å²) < 4.78 is 5.54. The first-order valence-corrected chi connectivity index (χ1v) is 7.53. The number of anilines is 1.